The van der Waals surface area contributed by atoms with Gasteiger partial charge in [-0.05, 0) is 42.3 Å². The normalized spacial score (nSPS) is 15.6. The molecule has 0 saturated heterocycles. The Morgan fingerprint density at radius 1 is 1.26 bits per heavy atom. The molecule has 0 radical (unpaired) electrons. The third kappa shape index (κ3) is 3.96. The van der Waals surface area contributed by atoms with E-state index in [1.807, 2.05) is 36.2 Å². The number of carbonyl (C=O) groups excluding carboxylic acids is 1. The second-order valence-corrected chi connectivity index (χ2v) is 6.86. The highest BCUT2D eigenvalue weighted by Gasteiger charge is 2.22. The van der Waals surface area contributed by atoms with Gasteiger partial charge in [0.1, 0.15) is 6.54 Å². The molecule has 1 fully saturated rings. The molecule has 6 nitrogen and oxygen atoms in total. The van der Waals surface area contributed by atoms with Crippen molar-refractivity contribution in [3.05, 3.63) is 28.7 Å². The van der Waals surface area contributed by atoms with Crippen LogP contribution in [-0.2, 0) is 11.3 Å². The van der Waals surface area contributed by atoms with Crippen LogP contribution in [0.2, 0.25) is 0 Å². The molecule has 1 aliphatic carbocycles. The average Bonchev–Trinajstić information content (AvgIpc) is 3.04. The van der Waals surface area contributed by atoms with E-state index in [1.165, 1.54) is 24.1 Å². The summed E-state index contributed by atoms with van der Waals surface area (Å²) >= 11 is 3.40. The number of hydrogen-bond acceptors (Lipinski definition) is 4. The number of aromatic nitrogens is 4. The van der Waals surface area contributed by atoms with Crippen molar-refractivity contribution in [2.24, 2.45) is 0 Å². The minimum absolute atomic E-state index is 0.0386. The predicted octanol–water partition coefficient (Wildman–Crippen LogP) is 2.89. The third-order valence-electron chi connectivity index (χ3n) is 4.35. The van der Waals surface area contributed by atoms with E-state index in [-0.39, 0.29) is 12.5 Å². The molecule has 23 heavy (non-hydrogen) atoms. The molecule has 3 rings (SSSR count). The highest BCUT2D eigenvalue weighted by atomic mass is 79.9. The van der Waals surface area contributed by atoms with E-state index in [2.05, 4.69) is 31.3 Å². The number of halogens is 1. The summed E-state index contributed by atoms with van der Waals surface area (Å²) in [6, 6.07) is 8.05. The van der Waals surface area contributed by atoms with E-state index in [9.17, 15) is 4.79 Å². The highest BCUT2D eigenvalue weighted by molar-refractivity contribution is 9.10. The van der Waals surface area contributed by atoms with Gasteiger partial charge >= 0.3 is 0 Å². The minimum atomic E-state index is 0.0386. The molecule has 1 aromatic carbocycles. The lowest BCUT2D eigenvalue weighted by Crippen LogP contribution is -2.40. The number of amides is 1. The summed E-state index contributed by atoms with van der Waals surface area (Å²) in [5, 5.41) is 12.3. The smallest absolute Gasteiger partial charge is 0.246 e. The molecule has 1 aromatic heterocycles. The van der Waals surface area contributed by atoms with Crippen LogP contribution < -0.4 is 0 Å². The summed E-state index contributed by atoms with van der Waals surface area (Å²) in [6.07, 6.45) is 5.88. The predicted molar refractivity (Wildman–Crippen MR) is 90.6 cm³/mol. The number of carbonyl (C=O) groups is 1. The van der Waals surface area contributed by atoms with E-state index >= 15 is 0 Å². The van der Waals surface area contributed by atoms with Crippen LogP contribution in [0.25, 0.3) is 11.4 Å². The van der Waals surface area contributed by atoms with Crippen molar-refractivity contribution in [3.8, 4) is 11.4 Å². The van der Waals surface area contributed by atoms with Gasteiger partial charge in [-0.1, -0.05) is 35.2 Å². The van der Waals surface area contributed by atoms with Crippen molar-refractivity contribution < 1.29 is 4.79 Å². The van der Waals surface area contributed by atoms with E-state index in [4.69, 9.17) is 0 Å². The Hall–Kier alpha value is -1.76. The number of nitrogens with zero attached hydrogens (tertiary/aromatic N) is 5. The lowest BCUT2D eigenvalue weighted by atomic mass is 9.94. The molecule has 1 aliphatic rings. The van der Waals surface area contributed by atoms with Crippen molar-refractivity contribution in [2.45, 2.75) is 44.7 Å². The first-order chi connectivity index (χ1) is 11.1. The van der Waals surface area contributed by atoms with Gasteiger partial charge in [-0.2, -0.15) is 4.80 Å². The Morgan fingerprint density at radius 3 is 2.65 bits per heavy atom. The molecule has 0 atom stereocenters. The fraction of sp³-hybridized carbons (Fsp3) is 0.500. The van der Waals surface area contributed by atoms with Gasteiger partial charge in [0.15, 0.2) is 0 Å². The molecule has 1 heterocycles. The van der Waals surface area contributed by atoms with E-state index < -0.39 is 0 Å². The summed E-state index contributed by atoms with van der Waals surface area (Å²) in [4.78, 5) is 15.6. The molecule has 2 aromatic rings. The van der Waals surface area contributed by atoms with Crippen molar-refractivity contribution in [3.63, 3.8) is 0 Å². The van der Waals surface area contributed by atoms with Crippen molar-refractivity contribution in [2.75, 3.05) is 7.05 Å². The van der Waals surface area contributed by atoms with Crippen LogP contribution >= 0.6 is 15.9 Å². The second kappa shape index (κ2) is 7.21. The van der Waals surface area contributed by atoms with Gasteiger partial charge < -0.3 is 4.90 Å². The quantitative estimate of drug-likeness (QED) is 0.821. The van der Waals surface area contributed by atoms with E-state index in [1.54, 1.807) is 0 Å². The number of hydrogen-bond donors (Lipinski definition) is 0. The first-order valence-corrected chi connectivity index (χ1v) is 8.72. The standard InChI is InChI=1S/C16H20BrN5O/c1-21(14-5-3-2-4-6-14)15(23)11-22-19-16(18-20-22)12-7-9-13(17)10-8-12/h7-10,14H,2-6,11H2,1H3. The van der Waals surface area contributed by atoms with Crippen molar-refractivity contribution >= 4 is 21.8 Å². The monoisotopic (exact) mass is 377 g/mol. The summed E-state index contributed by atoms with van der Waals surface area (Å²) in [6.45, 7) is 0.135. The lowest BCUT2D eigenvalue weighted by Gasteiger charge is -2.31. The first kappa shape index (κ1) is 16.1. The fourth-order valence-electron chi connectivity index (χ4n) is 2.93. The maximum Gasteiger partial charge on any atom is 0.246 e. The van der Waals surface area contributed by atoms with E-state index in [0.717, 1.165) is 22.9 Å². The Bertz CT molecular complexity index is 663. The molecular weight excluding hydrogens is 358 g/mol. The largest absolute Gasteiger partial charge is 0.341 e. The Labute approximate surface area is 144 Å². The van der Waals surface area contributed by atoms with Gasteiger partial charge in [-0.3, -0.25) is 4.79 Å². The molecule has 1 saturated carbocycles. The number of likely N-dealkylation sites (N-methyl/N-ethyl adjacent to an activating group) is 1. The summed E-state index contributed by atoms with van der Waals surface area (Å²) in [5.74, 6) is 0.572. The van der Waals surface area contributed by atoms with Crippen LogP contribution in [0, 0.1) is 0 Å². The topological polar surface area (TPSA) is 63.9 Å². The van der Waals surface area contributed by atoms with Crippen LogP contribution in [-0.4, -0.2) is 44.1 Å². The minimum Gasteiger partial charge on any atom is -0.341 e. The Kier molecular flexibility index (Phi) is 5.05. The van der Waals surface area contributed by atoms with Crippen molar-refractivity contribution in [1.82, 2.24) is 25.1 Å². The summed E-state index contributed by atoms with van der Waals surface area (Å²) in [7, 11) is 1.88. The van der Waals surface area contributed by atoms with E-state index in [0.29, 0.717) is 11.9 Å². The zero-order valence-electron chi connectivity index (χ0n) is 13.2. The van der Waals surface area contributed by atoms with Gasteiger partial charge in [-0.25, -0.2) is 0 Å². The zero-order chi connectivity index (χ0) is 16.2. The summed E-state index contributed by atoms with van der Waals surface area (Å²) < 4.78 is 0.998. The third-order valence-corrected chi connectivity index (χ3v) is 4.88. The maximum absolute atomic E-state index is 12.4. The number of tetrazole rings is 1. The summed E-state index contributed by atoms with van der Waals surface area (Å²) in [5.41, 5.74) is 0.882. The van der Waals surface area contributed by atoms with Gasteiger partial charge in [0.25, 0.3) is 0 Å². The number of benzene rings is 1. The van der Waals surface area contributed by atoms with Gasteiger partial charge in [0.05, 0.1) is 0 Å². The molecule has 0 unspecified atom stereocenters. The van der Waals surface area contributed by atoms with Crippen LogP contribution in [0.4, 0.5) is 0 Å². The molecule has 0 aliphatic heterocycles. The SMILES string of the molecule is CN(C(=O)Cn1nnc(-c2ccc(Br)cc2)n1)C1CCCCC1. The lowest BCUT2D eigenvalue weighted by molar-refractivity contribution is -0.133. The van der Waals surface area contributed by atoms with Gasteiger partial charge in [0, 0.05) is 23.1 Å². The van der Waals surface area contributed by atoms with Crippen molar-refractivity contribution in [1.29, 1.82) is 0 Å². The maximum atomic E-state index is 12.4. The highest BCUT2D eigenvalue weighted by Crippen LogP contribution is 2.22. The van der Waals surface area contributed by atoms with Crippen LogP contribution in [0.5, 0.6) is 0 Å². The molecule has 0 N–H and O–H groups in total. The van der Waals surface area contributed by atoms with Gasteiger partial charge in [0.2, 0.25) is 11.7 Å². The Morgan fingerprint density at radius 2 is 1.96 bits per heavy atom. The number of rotatable bonds is 4. The molecule has 0 bridgehead atoms. The Balaban J connectivity index is 1.64. The van der Waals surface area contributed by atoms with Crippen LogP contribution in [0.1, 0.15) is 32.1 Å². The van der Waals surface area contributed by atoms with Gasteiger partial charge in [-0.15, -0.1) is 10.2 Å². The average molecular weight is 378 g/mol. The van der Waals surface area contributed by atoms with Crippen LogP contribution in [0.3, 0.4) is 0 Å². The molecule has 7 heteroatoms. The molecule has 0 spiro atoms. The zero-order valence-corrected chi connectivity index (χ0v) is 14.7. The first-order valence-electron chi connectivity index (χ1n) is 7.93. The molecule has 122 valence electrons. The van der Waals surface area contributed by atoms with Crippen LogP contribution in [0.15, 0.2) is 28.7 Å². The molecular formula is C16H20BrN5O. The molecule has 1 amide bonds. The fourth-order valence-corrected chi connectivity index (χ4v) is 3.19. The second-order valence-electron chi connectivity index (χ2n) is 5.95.